The van der Waals surface area contributed by atoms with Crippen LogP contribution in [-0.4, -0.2) is 62.4 Å². The topological polar surface area (TPSA) is 120 Å². The molecule has 2 aromatic carbocycles. The normalized spacial score (nSPS) is 20.7. The van der Waals surface area contributed by atoms with E-state index in [4.69, 9.17) is 0 Å². The van der Waals surface area contributed by atoms with E-state index in [9.17, 15) is 24.8 Å². The maximum atomic E-state index is 13.2. The molecule has 2 aliphatic rings. The van der Waals surface area contributed by atoms with E-state index >= 15 is 0 Å². The second-order valence-corrected chi connectivity index (χ2v) is 7.82. The van der Waals surface area contributed by atoms with Crippen LogP contribution in [0.2, 0.25) is 0 Å². The van der Waals surface area contributed by atoms with Gasteiger partial charge in [-0.2, -0.15) is 0 Å². The first kappa shape index (κ1) is 19.3. The zero-order chi connectivity index (χ0) is 21.7. The molecule has 0 bridgehead atoms. The number of rotatable bonds is 4. The Kier molecular flexibility index (Phi) is 4.48. The molecule has 1 fully saturated rings. The number of carbonyl (C=O) groups is 2. The number of nitrogens with one attached hydrogen (secondary N) is 1. The molecule has 0 aliphatic carbocycles. The SMILES string of the molecule is O=C1[C@@H]2Cc3c([nH]c4ccccc34)[C@H](c3cccc([N+](=O)[O-])c3)N2C(=O)CN1CCO. The van der Waals surface area contributed by atoms with E-state index in [1.165, 1.54) is 17.0 Å². The first-order valence-corrected chi connectivity index (χ1v) is 10.0. The molecule has 0 radical (unpaired) electrons. The van der Waals surface area contributed by atoms with E-state index in [0.717, 1.165) is 22.2 Å². The lowest BCUT2D eigenvalue weighted by atomic mass is 9.86. The predicted molar refractivity (Wildman–Crippen MR) is 111 cm³/mol. The minimum atomic E-state index is -0.733. The molecule has 5 rings (SSSR count). The number of β-amino-alcohol motifs (C(OH)–C–C–N with tert-alkyl or cyclic N) is 1. The molecule has 1 saturated heterocycles. The molecule has 9 nitrogen and oxygen atoms in total. The number of aliphatic hydroxyl groups is 1. The molecule has 0 saturated carbocycles. The number of H-pyrrole nitrogens is 1. The van der Waals surface area contributed by atoms with Crippen molar-refractivity contribution in [3.63, 3.8) is 0 Å². The van der Waals surface area contributed by atoms with E-state index < -0.39 is 17.0 Å². The van der Waals surface area contributed by atoms with Crippen LogP contribution in [0.3, 0.4) is 0 Å². The Morgan fingerprint density at radius 1 is 1.16 bits per heavy atom. The van der Waals surface area contributed by atoms with Crippen molar-refractivity contribution < 1.29 is 19.6 Å². The molecule has 2 atom stereocenters. The monoisotopic (exact) mass is 420 g/mol. The first-order valence-electron chi connectivity index (χ1n) is 10.0. The van der Waals surface area contributed by atoms with Crippen molar-refractivity contribution in [1.29, 1.82) is 0 Å². The van der Waals surface area contributed by atoms with Crippen LogP contribution >= 0.6 is 0 Å². The summed E-state index contributed by atoms with van der Waals surface area (Å²) in [5, 5.41) is 21.6. The molecular formula is C22H20N4O5. The lowest BCUT2D eigenvalue weighted by Gasteiger charge is -2.47. The summed E-state index contributed by atoms with van der Waals surface area (Å²) in [6.07, 6.45) is 0.345. The van der Waals surface area contributed by atoms with E-state index in [1.54, 1.807) is 17.0 Å². The van der Waals surface area contributed by atoms with Crippen LogP contribution in [0.1, 0.15) is 22.9 Å². The standard InChI is InChI=1S/C22H20N4O5/c27-9-8-24-12-19(28)25-18(22(24)29)11-16-15-6-1-2-7-17(15)23-20(16)21(25)13-4-3-5-14(10-13)26(30)31/h1-7,10,18,21,23,27H,8-9,11-12H2/t18-,21-/m0/s1. The van der Waals surface area contributed by atoms with Gasteiger partial charge >= 0.3 is 0 Å². The van der Waals surface area contributed by atoms with Gasteiger partial charge in [-0.1, -0.05) is 30.3 Å². The summed E-state index contributed by atoms with van der Waals surface area (Å²) < 4.78 is 0. The Bertz CT molecular complexity index is 1220. The van der Waals surface area contributed by atoms with Crippen LogP contribution in [-0.2, 0) is 16.0 Å². The largest absolute Gasteiger partial charge is 0.395 e. The summed E-state index contributed by atoms with van der Waals surface area (Å²) in [5.74, 6) is -0.473. The number of hydrogen-bond acceptors (Lipinski definition) is 5. The summed E-state index contributed by atoms with van der Waals surface area (Å²) in [6, 6.07) is 12.5. The van der Waals surface area contributed by atoms with Gasteiger partial charge in [0, 0.05) is 41.7 Å². The Balaban J connectivity index is 1.71. The van der Waals surface area contributed by atoms with Gasteiger partial charge in [-0.15, -0.1) is 0 Å². The number of non-ortho nitro benzene ring substituents is 1. The van der Waals surface area contributed by atoms with Gasteiger partial charge in [0.15, 0.2) is 0 Å². The Hall–Kier alpha value is -3.72. The van der Waals surface area contributed by atoms with Crippen LogP contribution in [0.4, 0.5) is 5.69 Å². The molecular weight excluding hydrogens is 400 g/mol. The third-order valence-electron chi connectivity index (χ3n) is 6.11. The number of aromatic nitrogens is 1. The molecule has 2 amide bonds. The highest BCUT2D eigenvalue weighted by Crippen LogP contribution is 2.43. The maximum absolute atomic E-state index is 13.2. The Labute approximate surface area is 177 Å². The zero-order valence-electron chi connectivity index (χ0n) is 16.5. The number of benzene rings is 2. The third-order valence-corrected chi connectivity index (χ3v) is 6.11. The molecule has 2 N–H and O–H groups in total. The van der Waals surface area contributed by atoms with Gasteiger partial charge in [0.1, 0.15) is 6.04 Å². The van der Waals surface area contributed by atoms with Gasteiger partial charge < -0.3 is 19.9 Å². The highest BCUT2D eigenvalue weighted by atomic mass is 16.6. The smallest absolute Gasteiger partial charge is 0.269 e. The number of aromatic amines is 1. The number of nitrogens with zero attached hydrogens (tertiary/aromatic N) is 3. The third kappa shape index (κ3) is 2.97. The fraction of sp³-hybridized carbons (Fsp3) is 0.273. The molecule has 2 aliphatic heterocycles. The highest BCUT2D eigenvalue weighted by molar-refractivity contribution is 5.97. The molecule has 0 spiro atoms. The molecule has 0 unspecified atom stereocenters. The Morgan fingerprint density at radius 3 is 2.74 bits per heavy atom. The van der Waals surface area contributed by atoms with Crippen molar-refractivity contribution in [1.82, 2.24) is 14.8 Å². The summed E-state index contributed by atoms with van der Waals surface area (Å²) in [5.41, 5.74) is 3.09. The summed E-state index contributed by atoms with van der Waals surface area (Å²) in [6.45, 7) is -0.258. The van der Waals surface area contributed by atoms with Crippen molar-refractivity contribution in [2.24, 2.45) is 0 Å². The van der Waals surface area contributed by atoms with E-state index in [0.29, 0.717) is 12.0 Å². The van der Waals surface area contributed by atoms with Gasteiger partial charge in [0.05, 0.1) is 24.1 Å². The number of hydrogen-bond donors (Lipinski definition) is 2. The van der Waals surface area contributed by atoms with Crippen molar-refractivity contribution >= 4 is 28.4 Å². The second kappa shape index (κ2) is 7.21. The number of fused-ring (bicyclic) bond motifs is 4. The molecule has 1 aromatic heterocycles. The number of amides is 2. The van der Waals surface area contributed by atoms with Crippen LogP contribution in [0.5, 0.6) is 0 Å². The Morgan fingerprint density at radius 2 is 1.97 bits per heavy atom. The summed E-state index contributed by atoms with van der Waals surface area (Å²) >= 11 is 0. The van der Waals surface area contributed by atoms with E-state index in [1.807, 2.05) is 24.3 Å². The zero-order valence-corrected chi connectivity index (χ0v) is 16.5. The van der Waals surface area contributed by atoms with Crippen LogP contribution in [0.15, 0.2) is 48.5 Å². The second-order valence-electron chi connectivity index (χ2n) is 7.82. The summed E-state index contributed by atoms with van der Waals surface area (Å²) in [4.78, 5) is 43.6. The quantitative estimate of drug-likeness (QED) is 0.492. The average Bonchev–Trinajstić information content (AvgIpc) is 3.14. The lowest BCUT2D eigenvalue weighted by Crippen LogP contribution is -2.63. The molecule has 31 heavy (non-hydrogen) atoms. The maximum Gasteiger partial charge on any atom is 0.269 e. The van der Waals surface area contributed by atoms with Gasteiger partial charge in [-0.3, -0.25) is 19.7 Å². The minimum Gasteiger partial charge on any atom is -0.395 e. The minimum absolute atomic E-state index is 0.0741. The van der Waals surface area contributed by atoms with Gasteiger partial charge in [0.2, 0.25) is 11.8 Å². The molecule has 158 valence electrons. The number of piperazine rings is 1. The number of nitro benzene ring substituents is 1. The highest BCUT2D eigenvalue weighted by Gasteiger charge is 2.48. The average molecular weight is 420 g/mol. The molecule has 9 heteroatoms. The van der Waals surface area contributed by atoms with Gasteiger partial charge in [0.25, 0.3) is 5.69 Å². The number of aliphatic hydroxyl groups excluding tert-OH is 1. The lowest BCUT2D eigenvalue weighted by molar-refractivity contribution is -0.384. The van der Waals surface area contributed by atoms with E-state index in [2.05, 4.69) is 4.98 Å². The van der Waals surface area contributed by atoms with E-state index in [-0.39, 0.29) is 37.2 Å². The fourth-order valence-electron chi connectivity index (χ4n) is 4.79. The molecule has 3 heterocycles. The predicted octanol–water partition coefficient (Wildman–Crippen LogP) is 1.75. The van der Waals surface area contributed by atoms with Crippen molar-refractivity contribution in [3.05, 3.63) is 75.5 Å². The van der Waals surface area contributed by atoms with Crippen molar-refractivity contribution in [3.8, 4) is 0 Å². The van der Waals surface area contributed by atoms with Crippen LogP contribution in [0, 0.1) is 10.1 Å². The van der Waals surface area contributed by atoms with Crippen molar-refractivity contribution in [2.75, 3.05) is 19.7 Å². The van der Waals surface area contributed by atoms with Gasteiger partial charge in [-0.05, 0) is 17.2 Å². The summed E-state index contributed by atoms with van der Waals surface area (Å²) in [7, 11) is 0. The van der Waals surface area contributed by atoms with Crippen molar-refractivity contribution in [2.45, 2.75) is 18.5 Å². The number of nitro groups is 1. The molecule has 3 aromatic rings. The fourth-order valence-corrected chi connectivity index (χ4v) is 4.79. The first-order chi connectivity index (χ1) is 15.0. The van der Waals surface area contributed by atoms with Gasteiger partial charge in [-0.25, -0.2) is 0 Å². The number of para-hydroxylation sites is 1. The van der Waals surface area contributed by atoms with Crippen LogP contribution in [0.25, 0.3) is 10.9 Å². The number of carbonyl (C=O) groups excluding carboxylic acids is 2. The van der Waals surface area contributed by atoms with Crippen LogP contribution < -0.4 is 0 Å².